The van der Waals surface area contributed by atoms with E-state index in [1.807, 2.05) is 0 Å². The van der Waals surface area contributed by atoms with Crippen molar-refractivity contribution in [1.82, 2.24) is 5.32 Å². The van der Waals surface area contributed by atoms with Gasteiger partial charge in [-0.05, 0) is 59.8 Å². The average Bonchev–Trinajstić information content (AvgIpc) is 2.38. The van der Waals surface area contributed by atoms with E-state index in [1.165, 1.54) is 29.2 Å². The Bertz CT molecular complexity index is 556. The number of halogens is 1. The molecule has 0 bridgehead atoms. The summed E-state index contributed by atoms with van der Waals surface area (Å²) in [7, 11) is 0. The number of fused-ring (bicyclic) bond motifs is 1. The minimum Gasteiger partial charge on any atom is -0.310 e. The smallest absolute Gasteiger partial charge is 0.0320 e. The van der Waals surface area contributed by atoms with Crippen LogP contribution in [0.15, 0.2) is 40.9 Å². The highest BCUT2D eigenvalue weighted by Crippen LogP contribution is 2.28. The maximum Gasteiger partial charge on any atom is 0.0320 e. The van der Waals surface area contributed by atoms with Crippen molar-refractivity contribution in [3.05, 3.63) is 46.4 Å². The molecule has 1 heterocycles. The number of piperidine rings is 1. The number of nitrogens with one attached hydrogen (secondary N) is 1. The van der Waals surface area contributed by atoms with Gasteiger partial charge in [0, 0.05) is 10.5 Å². The van der Waals surface area contributed by atoms with Crippen molar-refractivity contribution in [3.63, 3.8) is 0 Å². The number of hydrogen-bond donors (Lipinski definition) is 1. The highest BCUT2D eigenvalue weighted by atomic mass is 79.9. The fraction of sp³-hybridized carbons (Fsp3) is 0.375. The molecule has 0 aromatic heterocycles. The van der Waals surface area contributed by atoms with Gasteiger partial charge in [0.25, 0.3) is 0 Å². The third-order valence-corrected chi connectivity index (χ3v) is 4.38. The van der Waals surface area contributed by atoms with E-state index in [-0.39, 0.29) is 0 Å². The maximum absolute atomic E-state index is 3.65. The van der Waals surface area contributed by atoms with Gasteiger partial charge in [-0.1, -0.05) is 41.1 Å². The second kappa shape index (κ2) is 5.02. The first-order valence-electron chi connectivity index (χ1n) is 6.65. The molecule has 1 saturated heterocycles. The van der Waals surface area contributed by atoms with Crippen molar-refractivity contribution >= 4 is 26.7 Å². The summed E-state index contributed by atoms with van der Waals surface area (Å²) in [6.07, 6.45) is 2.58. The lowest BCUT2D eigenvalue weighted by atomic mass is 9.91. The van der Waals surface area contributed by atoms with Crippen LogP contribution in [0, 0.1) is 5.92 Å². The van der Waals surface area contributed by atoms with Gasteiger partial charge in [-0.25, -0.2) is 0 Å². The van der Waals surface area contributed by atoms with Crippen LogP contribution in [0.2, 0.25) is 0 Å². The second-order valence-corrected chi connectivity index (χ2v) is 6.31. The highest BCUT2D eigenvalue weighted by Gasteiger charge is 2.18. The molecule has 1 N–H and O–H groups in total. The molecule has 3 rings (SSSR count). The molecule has 1 fully saturated rings. The summed E-state index contributed by atoms with van der Waals surface area (Å²) in [6.45, 7) is 3.46. The van der Waals surface area contributed by atoms with Gasteiger partial charge in [0.1, 0.15) is 0 Å². The minimum absolute atomic E-state index is 0.532. The van der Waals surface area contributed by atoms with Gasteiger partial charge in [0.15, 0.2) is 0 Å². The van der Waals surface area contributed by atoms with Crippen molar-refractivity contribution in [2.75, 3.05) is 6.54 Å². The van der Waals surface area contributed by atoms with Crippen LogP contribution in [-0.4, -0.2) is 6.54 Å². The largest absolute Gasteiger partial charge is 0.310 e. The van der Waals surface area contributed by atoms with Crippen molar-refractivity contribution in [2.24, 2.45) is 5.92 Å². The summed E-state index contributed by atoms with van der Waals surface area (Å²) >= 11 is 3.55. The van der Waals surface area contributed by atoms with E-state index in [9.17, 15) is 0 Å². The molecule has 0 radical (unpaired) electrons. The molecule has 18 heavy (non-hydrogen) atoms. The Labute approximate surface area is 117 Å². The molecule has 0 amide bonds. The zero-order valence-corrected chi connectivity index (χ0v) is 12.2. The fourth-order valence-corrected chi connectivity index (χ4v) is 3.11. The predicted octanol–water partition coefficient (Wildman–Crippen LogP) is 4.66. The molecule has 1 nitrogen and oxygen atoms in total. The number of benzene rings is 2. The molecule has 0 spiro atoms. The molecular weight excluding hydrogens is 286 g/mol. The monoisotopic (exact) mass is 303 g/mol. The summed E-state index contributed by atoms with van der Waals surface area (Å²) in [4.78, 5) is 0. The van der Waals surface area contributed by atoms with Crippen LogP contribution in [0.1, 0.15) is 31.4 Å². The van der Waals surface area contributed by atoms with E-state index in [1.54, 1.807) is 0 Å². The van der Waals surface area contributed by atoms with Gasteiger partial charge in [-0.3, -0.25) is 0 Å². The second-order valence-electron chi connectivity index (χ2n) is 5.39. The quantitative estimate of drug-likeness (QED) is 0.808. The molecule has 94 valence electrons. The zero-order valence-electron chi connectivity index (χ0n) is 10.6. The van der Waals surface area contributed by atoms with Crippen molar-refractivity contribution in [3.8, 4) is 0 Å². The predicted molar refractivity (Wildman–Crippen MR) is 80.8 cm³/mol. The van der Waals surface area contributed by atoms with E-state index in [4.69, 9.17) is 0 Å². The lowest BCUT2D eigenvalue weighted by Gasteiger charge is -2.28. The van der Waals surface area contributed by atoms with E-state index in [2.05, 4.69) is 64.6 Å². The Morgan fingerprint density at radius 2 is 1.89 bits per heavy atom. The van der Waals surface area contributed by atoms with Crippen molar-refractivity contribution < 1.29 is 0 Å². The fourth-order valence-electron chi connectivity index (χ4n) is 2.74. The van der Waals surface area contributed by atoms with Crippen LogP contribution in [0.25, 0.3) is 10.8 Å². The standard InChI is InChI=1S/C16H18BrN/c1-11-2-7-16(18-10-11)13-4-3-12-5-6-15(17)9-14(12)8-13/h3-6,8-9,11,16,18H,2,7,10H2,1H3/t11-,16+/m0/s1. The molecule has 2 aromatic rings. The first-order chi connectivity index (χ1) is 8.72. The van der Waals surface area contributed by atoms with Crippen LogP contribution in [0.5, 0.6) is 0 Å². The summed E-state index contributed by atoms with van der Waals surface area (Å²) in [6, 6.07) is 13.8. The average molecular weight is 304 g/mol. The summed E-state index contributed by atoms with van der Waals surface area (Å²) < 4.78 is 1.15. The van der Waals surface area contributed by atoms with E-state index in [0.717, 1.165) is 16.9 Å². The Balaban J connectivity index is 1.92. The van der Waals surface area contributed by atoms with E-state index >= 15 is 0 Å². The lowest BCUT2D eigenvalue weighted by molar-refractivity contribution is 0.333. The van der Waals surface area contributed by atoms with Gasteiger partial charge < -0.3 is 5.32 Å². The van der Waals surface area contributed by atoms with E-state index < -0.39 is 0 Å². The first-order valence-corrected chi connectivity index (χ1v) is 7.44. The third kappa shape index (κ3) is 2.45. The van der Waals surface area contributed by atoms with Crippen molar-refractivity contribution in [1.29, 1.82) is 0 Å². The summed E-state index contributed by atoms with van der Waals surface area (Å²) in [5.41, 5.74) is 1.42. The molecular formula is C16H18BrN. The molecule has 0 saturated carbocycles. The van der Waals surface area contributed by atoms with Crippen LogP contribution in [-0.2, 0) is 0 Å². The van der Waals surface area contributed by atoms with Gasteiger partial charge in [-0.2, -0.15) is 0 Å². The van der Waals surface area contributed by atoms with Gasteiger partial charge >= 0.3 is 0 Å². The van der Waals surface area contributed by atoms with Crippen LogP contribution < -0.4 is 5.32 Å². The number of rotatable bonds is 1. The van der Waals surface area contributed by atoms with Gasteiger partial charge in [0.05, 0.1) is 0 Å². The SMILES string of the molecule is C[C@H]1CC[C@H](c2ccc3ccc(Br)cc3c2)NC1. The molecule has 1 aliphatic rings. The first kappa shape index (κ1) is 12.2. The normalized spacial score (nSPS) is 24.3. The Morgan fingerprint density at radius 1 is 1.06 bits per heavy atom. The van der Waals surface area contributed by atoms with Gasteiger partial charge in [-0.15, -0.1) is 0 Å². The molecule has 2 heteroatoms. The highest BCUT2D eigenvalue weighted by molar-refractivity contribution is 9.10. The molecule has 0 aliphatic carbocycles. The Hall–Kier alpha value is -0.860. The Morgan fingerprint density at radius 3 is 2.67 bits per heavy atom. The maximum atomic E-state index is 3.65. The molecule has 2 atom stereocenters. The van der Waals surface area contributed by atoms with Gasteiger partial charge in [0.2, 0.25) is 0 Å². The van der Waals surface area contributed by atoms with Crippen LogP contribution in [0.4, 0.5) is 0 Å². The third-order valence-electron chi connectivity index (χ3n) is 3.89. The molecule has 1 aliphatic heterocycles. The van der Waals surface area contributed by atoms with Crippen molar-refractivity contribution in [2.45, 2.75) is 25.8 Å². The summed E-state index contributed by atoms with van der Waals surface area (Å²) in [5.74, 6) is 0.816. The summed E-state index contributed by atoms with van der Waals surface area (Å²) in [5, 5.41) is 6.29. The van der Waals surface area contributed by atoms with E-state index in [0.29, 0.717) is 6.04 Å². The van der Waals surface area contributed by atoms with Crippen LogP contribution >= 0.6 is 15.9 Å². The topological polar surface area (TPSA) is 12.0 Å². The zero-order chi connectivity index (χ0) is 12.5. The lowest BCUT2D eigenvalue weighted by Crippen LogP contribution is -2.31. The Kier molecular flexibility index (Phi) is 3.40. The minimum atomic E-state index is 0.532. The van der Waals surface area contributed by atoms with Crippen LogP contribution in [0.3, 0.4) is 0 Å². The molecule has 2 aromatic carbocycles. The molecule has 0 unspecified atom stereocenters. The number of hydrogen-bond acceptors (Lipinski definition) is 1.